The van der Waals surface area contributed by atoms with E-state index >= 15 is 0 Å². The first-order valence-electron chi connectivity index (χ1n) is 5.29. The van der Waals surface area contributed by atoms with Crippen LogP contribution in [-0.2, 0) is 9.53 Å². The van der Waals surface area contributed by atoms with E-state index in [1.54, 1.807) is 11.6 Å². The van der Waals surface area contributed by atoms with Crippen LogP contribution >= 0.6 is 0 Å². The summed E-state index contributed by atoms with van der Waals surface area (Å²) in [5.74, 6) is -0.288. The molecule has 16 heavy (non-hydrogen) atoms. The minimum atomic E-state index is -1.56. The molecular formula is C10H19N3O2Si. The topological polar surface area (TPSA) is 57.0 Å². The van der Waals surface area contributed by atoms with E-state index in [1.807, 2.05) is 6.92 Å². The number of carbonyl (C=O) groups is 1. The number of carbonyl (C=O) groups excluding carboxylic acids is 1. The van der Waals surface area contributed by atoms with E-state index < -0.39 is 14.1 Å². The second kappa shape index (κ2) is 4.37. The van der Waals surface area contributed by atoms with Crippen LogP contribution in [0.3, 0.4) is 0 Å². The first kappa shape index (κ1) is 12.9. The normalized spacial score (nSPS) is 13.6. The molecule has 0 aliphatic rings. The van der Waals surface area contributed by atoms with E-state index in [0.717, 1.165) is 11.0 Å². The molecule has 0 unspecified atom stereocenters. The maximum Gasteiger partial charge on any atom is 0.330 e. The minimum Gasteiger partial charge on any atom is -0.467 e. The van der Waals surface area contributed by atoms with E-state index in [4.69, 9.17) is 4.74 Å². The Morgan fingerprint density at radius 3 is 2.44 bits per heavy atom. The molecule has 0 radical (unpaired) electrons. The Morgan fingerprint density at radius 2 is 2.00 bits per heavy atom. The highest BCUT2D eigenvalue weighted by Crippen LogP contribution is 2.10. The average Bonchev–Trinajstić information content (AvgIpc) is 2.57. The van der Waals surface area contributed by atoms with Gasteiger partial charge in [0, 0.05) is 5.32 Å². The number of hydrogen-bond acceptors (Lipinski definition) is 4. The minimum absolute atomic E-state index is 0.288. The maximum atomic E-state index is 11.5. The Labute approximate surface area is 96.8 Å². The van der Waals surface area contributed by atoms with Gasteiger partial charge < -0.3 is 4.74 Å². The summed E-state index contributed by atoms with van der Waals surface area (Å²) >= 11 is 0. The summed E-state index contributed by atoms with van der Waals surface area (Å²) in [5.41, 5.74) is 0.912. The van der Waals surface area contributed by atoms with Crippen LogP contribution in [0.25, 0.3) is 0 Å². The van der Waals surface area contributed by atoms with Gasteiger partial charge in [-0.25, -0.2) is 9.48 Å². The predicted octanol–water partition coefficient (Wildman–Crippen LogP) is 0.866. The van der Waals surface area contributed by atoms with Gasteiger partial charge in [-0.2, -0.15) is 0 Å². The lowest BCUT2D eigenvalue weighted by Gasteiger charge is -2.21. The van der Waals surface area contributed by atoms with Crippen molar-refractivity contribution in [2.75, 3.05) is 7.11 Å². The Hall–Kier alpha value is -1.17. The van der Waals surface area contributed by atoms with Crippen LogP contribution in [0, 0.1) is 6.92 Å². The first-order chi connectivity index (χ1) is 7.29. The van der Waals surface area contributed by atoms with Crippen LogP contribution in [0.15, 0.2) is 0 Å². The molecule has 1 aromatic rings. The lowest BCUT2D eigenvalue weighted by atomic mass is 10.3. The van der Waals surface area contributed by atoms with Crippen molar-refractivity contribution in [1.82, 2.24) is 15.0 Å². The second-order valence-electron chi connectivity index (χ2n) is 4.92. The largest absolute Gasteiger partial charge is 0.467 e. The van der Waals surface area contributed by atoms with Crippen LogP contribution in [0.2, 0.25) is 19.6 Å². The third-order valence-corrected chi connectivity index (χ3v) is 4.49. The number of methoxy groups -OCH3 is 1. The molecule has 90 valence electrons. The predicted molar refractivity (Wildman–Crippen MR) is 64.5 cm³/mol. The molecule has 0 amide bonds. The molecule has 0 N–H and O–H groups in total. The molecule has 0 saturated heterocycles. The van der Waals surface area contributed by atoms with Gasteiger partial charge in [-0.3, -0.25) is 0 Å². The lowest BCUT2D eigenvalue weighted by molar-refractivity contribution is -0.144. The van der Waals surface area contributed by atoms with Gasteiger partial charge in [0.1, 0.15) is 14.1 Å². The smallest absolute Gasteiger partial charge is 0.330 e. The summed E-state index contributed by atoms with van der Waals surface area (Å²) in [6.45, 7) is 10.3. The van der Waals surface area contributed by atoms with E-state index in [1.165, 1.54) is 7.11 Å². The fourth-order valence-electron chi connectivity index (χ4n) is 1.80. The zero-order valence-corrected chi connectivity index (χ0v) is 11.7. The van der Waals surface area contributed by atoms with Gasteiger partial charge >= 0.3 is 5.97 Å². The van der Waals surface area contributed by atoms with Crippen molar-refractivity contribution in [2.24, 2.45) is 0 Å². The standard InChI is InChI=1S/C10H19N3O2Si/c1-7-9(16(4,5)6)13(12-11-7)8(2)10(14)15-3/h8H,1-6H3/t8-/m1/s1. The highest BCUT2D eigenvalue weighted by molar-refractivity contribution is 6.88. The van der Waals surface area contributed by atoms with E-state index in [2.05, 4.69) is 30.0 Å². The van der Waals surface area contributed by atoms with Crippen molar-refractivity contribution in [3.05, 3.63) is 5.69 Å². The quantitative estimate of drug-likeness (QED) is 0.582. The third-order valence-electron chi connectivity index (χ3n) is 2.48. The molecule has 0 saturated carbocycles. The van der Waals surface area contributed by atoms with Gasteiger partial charge in [0.05, 0.1) is 12.8 Å². The van der Waals surface area contributed by atoms with Crippen LogP contribution in [0.1, 0.15) is 18.7 Å². The number of rotatable bonds is 3. The first-order valence-corrected chi connectivity index (χ1v) is 8.79. The summed E-state index contributed by atoms with van der Waals surface area (Å²) < 4.78 is 6.43. The Morgan fingerprint density at radius 1 is 1.44 bits per heavy atom. The van der Waals surface area contributed by atoms with Crippen molar-refractivity contribution in [3.8, 4) is 0 Å². The molecule has 0 aromatic carbocycles. The molecule has 1 aromatic heterocycles. The fourth-order valence-corrected chi connectivity index (χ4v) is 3.86. The number of hydrogen-bond donors (Lipinski definition) is 0. The van der Waals surface area contributed by atoms with Crippen LogP contribution in [0.4, 0.5) is 0 Å². The number of ether oxygens (including phenoxy) is 1. The molecule has 0 fully saturated rings. The Balaban J connectivity index is 3.21. The number of esters is 1. The van der Waals surface area contributed by atoms with Gasteiger partial charge in [-0.05, 0) is 13.8 Å². The van der Waals surface area contributed by atoms with E-state index in [9.17, 15) is 4.79 Å². The molecule has 0 aliphatic carbocycles. The summed E-state index contributed by atoms with van der Waals surface area (Å²) in [6.07, 6.45) is 0. The van der Waals surface area contributed by atoms with E-state index in [0.29, 0.717) is 0 Å². The van der Waals surface area contributed by atoms with Crippen LogP contribution in [-0.4, -0.2) is 36.1 Å². The molecule has 6 heteroatoms. The van der Waals surface area contributed by atoms with Gasteiger partial charge in [0.15, 0.2) is 0 Å². The Kier molecular flexibility index (Phi) is 3.52. The summed E-state index contributed by atoms with van der Waals surface area (Å²) in [6, 6.07) is -0.409. The van der Waals surface area contributed by atoms with Crippen molar-refractivity contribution >= 4 is 19.4 Å². The van der Waals surface area contributed by atoms with E-state index in [-0.39, 0.29) is 5.97 Å². The van der Waals surface area contributed by atoms with Gasteiger partial charge in [0.2, 0.25) is 0 Å². The number of aromatic nitrogens is 3. The average molecular weight is 241 g/mol. The van der Waals surface area contributed by atoms with Crippen molar-refractivity contribution in [3.63, 3.8) is 0 Å². The summed E-state index contributed by atoms with van der Waals surface area (Å²) in [5, 5.41) is 9.21. The second-order valence-corrected chi connectivity index (χ2v) is 9.89. The Bertz CT molecular complexity index is 395. The van der Waals surface area contributed by atoms with Gasteiger partial charge in [-0.1, -0.05) is 24.9 Å². The van der Waals surface area contributed by atoms with Crippen LogP contribution in [0.5, 0.6) is 0 Å². The summed E-state index contributed by atoms with van der Waals surface area (Å²) in [4.78, 5) is 11.5. The molecule has 1 atom stereocenters. The lowest BCUT2D eigenvalue weighted by Crippen LogP contribution is -2.46. The SMILES string of the molecule is COC(=O)[C@@H](C)n1nnc(C)c1[Si](C)(C)C. The zero-order chi connectivity index (χ0) is 12.5. The number of aryl methyl sites for hydroxylation is 1. The maximum absolute atomic E-state index is 11.5. The van der Waals surface area contributed by atoms with Gasteiger partial charge in [-0.15, -0.1) is 5.10 Å². The molecular weight excluding hydrogens is 222 g/mol. The van der Waals surface area contributed by atoms with Gasteiger partial charge in [0.25, 0.3) is 0 Å². The molecule has 0 aliphatic heterocycles. The van der Waals surface area contributed by atoms with Crippen LogP contribution < -0.4 is 5.32 Å². The molecule has 0 bridgehead atoms. The monoisotopic (exact) mass is 241 g/mol. The highest BCUT2D eigenvalue weighted by atomic mass is 28.3. The molecule has 0 spiro atoms. The van der Waals surface area contributed by atoms with Crippen molar-refractivity contribution in [1.29, 1.82) is 0 Å². The van der Waals surface area contributed by atoms with Crippen molar-refractivity contribution in [2.45, 2.75) is 39.5 Å². The molecule has 1 rings (SSSR count). The fraction of sp³-hybridized carbons (Fsp3) is 0.700. The van der Waals surface area contributed by atoms with Crippen molar-refractivity contribution < 1.29 is 9.53 Å². The number of nitrogens with zero attached hydrogens (tertiary/aromatic N) is 3. The summed E-state index contributed by atoms with van der Waals surface area (Å²) in [7, 11) is -0.176. The zero-order valence-electron chi connectivity index (χ0n) is 10.7. The third kappa shape index (κ3) is 2.32. The molecule has 1 heterocycles. The molecule has 5 nitrogen and oxygen atoms in total. The highest BCUT2D eigenvalue weighted by Gasteiger charge is 2.29.